The van der Waals surface area contributed by atoms with Crippen LogP contribution in [0.1, 0.15) is 6.92 Å². The van der Waals surface area contributed by atoms with Crippen LogP contribution in [0.3, 0.4) is 0 Å². The molecule has 1 unspecified atom stereocenters. The molecule has 11 heavy (non-hydrogen) atoms. The van der Waals surface area contributed by atoms with Crippen molar-refractivity contribution in [3.05, 3.63) is 0 Å². The Kier molecular flexibility index (Phi) is 3.30. The highest BCUT2D eigenvalue weighted by Crippen LogP contribution is 2.02. The average molecular weight is 156 g/mol. The van der Waals surface area contributed by atoms with Crippen LogP contribution >= 0.6 is 0 Å². The molecule has 1 aliphatic rings. The summed E-state index contributed by atoms with van der Waals surface area (Å²) in [6, 6.07) is 0. The Morgan fingerprint density at radius 1 is 1.27 bits per heavy atom. The fourth-order valence-corrected chi connectivity index (χ4v) is 1.32. The minimum absolute atomic E-state index is 0.561. The molecule has 1 radical (unpaired) electrons. The standard InChI is InChI=1S/C8H18N3/c1-8(10(2)3)11-6-4-9-5-7-11/h8H,4-7H2,1-3H3. The normalized spacial score (nSPS) is 24.0. The predicted octanol–water partition coefficient (Wildman–Crippen LogP) is -0.186. The van der Waals surface area contributed by atoms with E-state index in [1.165, 1.54) is 0 Å². The minimum atomic E-state index is 0.561. The maximum absolute atomic E-state index is 4.31. The maximum Gasteiger partial charge on any atom is 0.0589 e. The van der Waals surface area contributed by atoms with Crippen molar-refractivity contribution >= 4 is 0 Å². The Hall–Kier alpha value is -0.120. The average Bonchev–Trinajstić information content (AvgIpc) is 2.05. The molecule has 0 aliphatic carbocycles. The van der Waals surface area contributed by atoms with Crippen molar-refractivity contribution in [2.75, 3.05) is 40.3 Å². The molecule has 1 fully saturated rings. The number of rotatable bonds is 2. The predicted molar refractivity (Wildman–Crippen MR) is 46.6 cm³/mol. The van der Waals surface area contributed by atoms with Crippen LogP contribution in [0.25, 0.3) is 0 Å². The first-order valence-electron chi connectivity index (χ1n) is 4.25. The van der Waals surface area contributed by atoms with Gasteiger partial charge in [-0.15, -0.1) is 0 Å². The monoisotopic (exact) mass is 156 g/mol. The summed E-state index contributed by atoms with van der Waals surface area (Å²) in [5.41, 5.74) is 0. The molecule has 1 heterocycles. The van der Waals surface area contributed by atoms with E-state index in [9.17, 15) is 0 Å². The van der Waals surface area contributed by atoms with E-state index in [2.05, 4.69) is 36.1 Å². The number of nitrogens with zero attached hydrogens (tertiary/aromatic N) is 3. The fourth-order valence-electron chi connectivity index (χ4n) is 1.32. The van der Waals surface area contributed by atoms with Gasteiger partial charge in [-0.1, -0.05) is 0 Å². The maximum atomic E-state index is 4.31. The van der Waals surface area contributed by atoms with E-state index in [0.29, 0.717) is 6.17 Å². The van der Waals surface area contributed by atoms with E-state index in [1.807, 2.05) is 0 Å². The van der Waals surface area contributed by atoms with Crippen LogP contribution in [-0.2, 0) is 0 Å². The summed E-state index contributed by atoms with van der Waals surface area (Å²) in [6.45, 7) is 6.51. The summed E-state index contributed by atoms with van der Waals surface area (Å²) in [6.07, 6.45) is 0.561. The van der Waals surface area contributed by atoms with E-state index >= 15 is 0 Å². The van der Waals surface area contributed by atoms with Gasteiger partial charge in [-0.2, -0.15) is 0 Å². The summed E-state index contributed by atoms with van der Waals surface area (Å²) < 4.78 is 0. The molecule has 0 N–H and O–H groups in total. The Morgan fingerprint density at radius 2 is 1.82 bits per heavy atom. The number of hydrogen-bond donors (Lipinski definition) is 0. The van der Waals surface area contributed by atoms with E-state index in [-0.39, 0.29) is 0 Å². The molecule has 0 bridgehead atoms. The molecule has 0 aromatic rings. The summed E-state index contributed by atoms with van der Waals surface area (Å²) in [7, 11) is 4.24. The van der Waals surface area contributed by atoms with Gasteiger partial charge < -0.3 is 0 Å². The van der Waals surface area contributed by atoms with E-state index in [4.69, 9.17) is 0 Å². The second-order valence-electron chi connectivity index (χ2n) is 3.30. The van der Waals surface area contributed by atoms with Crippen molar-refractivity contribution in [1.82, 2.24) is 15.1 Å². The molecule has 65 valence electrons. The Morgan fingerprint density at radius 3 is 2.27 bits per heavy atom. The third-order valence-corrected chi connectivity index (χ3v) is 2.37. The summed E-state index contributed by atoms with van der Waals surface area (Å²) in [5, 5.41) is 4.31. The van der Waals surface area contributed by atoms with Crippen molar-refractivity contribution in [3.63, 3.8) is 0 Å². The van der Waals surface area contributed by atoms with Gasteiger partial charge in [0.2, 0.25) is 0 Å². The van der Waals surface area contributed by atoms with Gasteiger partial charge in [-0.05, 0) is 21.0 Å². The zero-order valence-electron chi connectivity index (χ0n) is 7.75. The quantitative estimate of drug-likeness (QED) is 0.552. The lowest BCUT2D eigenvalue weighted by molar-refractivity contribution is 0.0808. The second-order valence-corrected chi connectivity index (χ2v) is 3.30. The largest absolute Gasteiger partial charge is 0.294 e. The van der Waals surface area contributed by atoms with Crippen LogP contribution < -0.4 is 5.32 Å². The number of hydrogen-bond acceptors (Lipinski definition) is 2. The molecule has 0 spiro atoms. The highest BCUT2D eigenvalue weighted by atomic mass is 15.3. The first kappa shape index (κ1) is 8.97. The second kappa shape index (κ2) is 4.04. The van der Waals surface area contributed by atoms with Gasteiger partial charge in [0.25, 0.3) is 0 Å². The minimum Gasteiger partial charge on any atom is -0.294 e. The summed E-state index contributed by atoms with van der Waals surface area (Å²) >= 11 is 0. The Bertz CT molecular complexity index is 108. The van der Waals surface area contributed by atoms with Gasteiger partial charge in [0.05, 0.1) is 6.17 Å². The lowest BCUT2D eigenvalue weighted by Crippen LogP contribution is -2.50. The van der Waals surface area contributed by atoms with Crippen LogP contribution in [-0.4, -0.2) is 56.2 Å². The molecule has 0 amide bonds. The first-order chi connectivity index (χ1) is 5.22. The van der Waals surface area contributed by atoms with Crippen LogP contribution in [0, 0.1) is 0 Å². The van der Waals surface area contributed by atoms with Gasteiger partial charge in [0.15, 0.2) is 0 Å². The topological polar surface area (TPSA) is 20.6 Å². The van der Waals surface area contributed by atoms with Crippen molar-refractivity contribution in [3.8, 4) is 0 Å². The Balaban J connectivity index is 2.32. The fraction of sp³-hybridized carbons (Fsp3) is 1.00. The third-order valence-electron chi connectivity index (χ3n) is 2.37. The van der Waals surface area contributed by atoms with Crippen LogP contribution in [0.4, 0.5) is 0 Å². The highest BCUT2D eigenvalue weighted by molar-refractivity contribution is 4.71. The SMILES string of the molecule is CC(N(C)C)N1CC[N]CC1. The molecule has 0 aromatic heterocycles. The zero-order chi connectivity index (χ0) is 8.27. The first-order valence-corrected chi connectivity index (χ1v) is 4.25. The highest BCUT2D eigenvalue weighted by Gasteiger charge is 2.17. The third kappa shape index (κ3) is 2.43. The van der Waals surface area contributed by atoms with E-state index < -0.39 is 0 Å². The smallest absolute Gasteiger partial charge is 0.0589 e. The van der Waals surface area contributed by atoms with Gasteiger partial charge >= 0.3 is 0 Å². The Labute approximate surface area is 69.4 Å². The van der Waals surface area contributed by atoms with Gasteiger partial charge in [0.1, 0.15) is 0 Å². The lowest BCUT2D eigenvalue weighted by Gasteiger charge is -2.35. The van der Waals surface area contributed by atoms with E-state index in [1.54, 1.807) is 0 Å². The molecule has 3 heteroatoms. The lowest BCUT2D eigenvalue weighted by atomic mass is 10.3. The molecule has 3 nitrogen and oxygen atoms in total. The zero-order valence-corrected chi connectivity index (χ0v) is 7.75. The summed E-state index contributed by atoms with van der Waals surface area (Å²) in [5.74, 6) is 0. The summed E-state index contributed by atoms with van der Waals surface area (Å²) in [4.78, 5) is 4.71. The molecule has 0 saturated carbocycles. The van der Waals surface area contributed by atoms with Crippen molar-refractivity contribution in [2.45, 2.75) is 13.1 Å². The van der Waals surface area contributed by atoms with Crippen molar-refractivity contribution in [2.24, 2.45) is 0 Å². The molecule has 1 atom stereocenters. The van der Waals surface area contributed by atoms with Crippen molar-refractivity contribution in [1.29, 1.82) is 0 Å². The molecule has 1 rings (SSSR count). The van der Waals surface area contributed by atoms with Gasteiger partial charge in [0, 0.05) is 26.2 Å². The van der Waals surface area contributed by atoms with Crippen LogP contribution in [0.5, 0.6) is 0 Å². The molecule has 1 aliphatic heterocycles. The van der Waals surface area contributed by atoms with E-state index in [0.717, 1.165) is 26.2 Å². The van der Waals surface area contributed by atoms with Crippen molar-refractivity contribution < 1.29 is 0 Å². The van der Waals surface area contributed by atoms with Crippen LogP contribution in [0.2, 0.25) is 0 Å². The molecule has 0 aromatic carbocycles. The van der Waals surface area contributed by atoms with Gasteiger partial charge in [-0.3, -0.25) is 9.80 Å². The number of piperazine rings is 1. The van der Waals surface area contributed by atoms with Crippen LogP contribution in [0.15, 0.2) is 0 Å². The molecular formula is C8H18N3. The molecular weight excluding hydrogens is 138 g/mol. The van der Waals surface area contributed by atoms with Gasteiger partial charge in [-0.25, -0.2) is 5.32 Å². The molecule has 1 saturated heterocycles.